The number of rotatable bonds is 5. The molecule has 0 radical (unpaired) electrons. The van der Waals surface area contributed by atoms with Gasteiger partial charge in [-0.15, -0.1) is 0 Å². The molecule has 90 valence electrons. The van der Waals surface area contributed by atoms with Crippen molar-refractivity contribution in [1.82, 2.24) is 0 Å². The van der Waals surface area contributed by atoms with Crippen LogP contribution in [0.3, 0.4) is 0 Å². The Morgan fingerprint density at radius 3 is 2.56 bits per heavy atom. The van der Waals surface area contributed by atoms with Crippen molar-refractivity contribution in [1.29, 1.82) is 0 Å². The third-order valence-electron chi connectivity index (χ3n) is 2.49. The van der Waals surface area contributed by atoms with Crippen molar-refractivity contribution in [3.63, 3.8) is 0 Å². The van der Waals surface area contributed by atoms with Gasteiger partial charge in [-0.25, -0.2) is 8.42 Å². The van der Waals surface area contributed by atoms with Crippen LogP contribution in [-0.4, -0.2) is 33.0 Å². The summed E-state index contributed by atoms with van der Waals surface area (Å²) < 4.78 is 28.7. The molecule has 5 heteroatoms. The second-order valence-corrected chi connectivity index (χ2v) is 5.92. The van der Waals surface area contributed by atoms with Gasteiger partial charge in [0.05, 0.1) is 24.7 Å². The molecule has 0 aliphatic rings. The molecule has 4 nitrogen and oxygen atoms in total. The summed E-state index contributed by atoms with van der Waals surface area (Å²) in [5, 5.41) is 8.04. The van der Waals surface area contributed by atoms with Crippen molar-refractivity contribution in [2.45, 2.75) is 12.2 Å². The average Bonchev–Trinajstić information content (AvgIpc) is 2.28. The van der Waals surface area contributed by atoms with Gasteiger partial charge in [0.15, 0.2) is 9.84 Å². The van der Waals surface area contributed by atoms with Gasteiger partial charge in [0, 0.05) is 5.56 Å². The third-order valence-corrected chi connectivity index (χ3v) is 4.57. The van der Waals surface area contributed by atoms with Gasteiger partial charge >= 0.3 is 0 Å². The highest BCUT2D eigenvalue weighted by atomic mass is 32.2. The van der Waals surface area contributed by atoms with E-state index in [-0.39, 0.29) is 12.4 Å². The summed E-state index contributed by atoms with van der Waals surface area (Å²) in [7, 11) is -1.82. The third kappa shape index (κ3) is 2.74. The van der Waals surface area contributed by atoms with E-state index >= 15 is 0 Å². The van der Waals surface area contributed by atoms with Crippen LogP contribution in [0.25, 0.3) is 0 Å². The first-order chi connectivity index (χ1) is 7.53. The van der Waals surface area contributed by atoms with Crippen molar-refractivity contribution < 1.29 is 18.3 Å². The van der Waals surface area contributed by atoms with E-state index < -0.39 is 15.1 Å². The van der Waals surface area contributed by atoms with Gasteiger partial charge in [-0.3, -0.25) is 0 Å². The summed E-state index contributed by atoms with van der Waals surface area (Å²) in [5.74, 6) is 0.322. The van der Waals surface area contributed by atoms with Gasteiger partial charge in [0.1, 0.15) is 5.75 Å². The molecule has 0 spiro atoms. The Bertz CT molecular complexity index is 439. The van der Waals surface area contributed by atoms with Crippen molar-refractivity contribution in [3.8, 4) is 5.75 Å². The average molecular weight is 244 g/mol. The lowest BCUT2D eigenvalue weighted by Crippen LogP contribution is -2.17. The highest BCUT2D eigenvalue weighted by Crippen LogP contribution is 2.30. The lowest BCUT2D eigenvalue weighted by atomic mass is 10.1. The Morgan fingerprint density at radius 2 is 2.00 bits per heavy atom. The molecule has 1 atom stereocenters. The zero-order valence-corrected chi connectivity index (χ0v) is 10.2. The minimum absolute atomic E-state index is 0.230. The number of aliphatic hydroxyl groups excluding tert-OH is 1. The van der Waals surface area contributed by atoms with Crippen LogP contribution >= 0.6 is 0 Å². The molecule has 0 aliphatic carbocycles. The molecule has 0 unspecified atom stereocenters. The maximum Gasteiger partial charge on any atom is 0.159 e. The summed E-state index contributed by atoms with van der Waals surface area (Å²) in [6.45, 7) is 1.24. The van der Waals surface area contributed by atoms with Gasteiger partial charge in [0.25, 0.3) is 0 Å². The molecule has 16 heavy (non-hydrogen) atoms. The molecule has 0 aliphatic heterocycles. The largest absolute Gasteiger partial charge is 0.496 e. The van der Waals surface area contributed by atoms with E-state index in [1.165, 1.54) is 7.11 Å². The first kappa shape index (κ1) is 13.0. The monoisotopic (exact) mass is 244 g/mol. The molecule has 0 aromatic heterocycles. The number of para-hydroxylation sites is 1. The van der Waals surface area contributed by atoms with Crippen LogP contribution in [0.2, 0.25) is 0 Å². The number of hydrogen-bond acceptors (Lipinski definition) is 4. The van der Waals surface area contributed by atoms with Crippen LogP contribution in [0.4, 0.5) is 0 Å². The lowest BCUT2D eigenvalue weighted by molar-refractivity contribution is 0.319. The van der Waals surface area contributed by atoms with Crippen LogP contribution in [-0.2, 0) is 9.84 Å². The molecule has 0 bridgehead atoms. The Morgan fingerprint density at radius 1 is 1.38 bits per heavy atom. The quantitative estimate of drug-likeness (QED) is 0.844. The lowest BCUT2D eigenvalue weighted by Gasteiger charge is -2.15. The zero-order valence-electron chi connectivity index (χ0n) is 9.38. The fraction of sp³-hybridized carbons (Fsp3) is 0.455. The van der Waals surface area contributed by atoms with Crippen molar-refractivity contribution >= 4 is 9.84 Å². The topological polar surface area (TPSA) is 63.6 Å². The smallest absolute Gasteiger partial charge is 0.159 e. The number of methoxy groups -OCH3 is 1. The fourth-order valence-corrected chi connectivity index (χ4v) is 2.69. The predicted octanol–water partition coefficient (Wildman–Crippen LogP) is 1.16. The Hall–Kier alpha value is -1.07. The number of hydrogen-bond donors (Lipinski definition) is 1. The molecular weight excluding hydrogens is 228 g/mol. The van der Waals surface area contributed by atoms with Crippen LogP contribution in [0.1, 0.15) is 17.7 Å². The highest BCUT2D eigenvalue weighted by Gasteiger charge is 2.24. The fourth-order valence-electron chi connectivity index (χ4n) is 1.50. The minimum Gasteiger partial charge on any atom is -0.496 e. The summed E-state index contributed by atoms with van der Waals surface area (Å²) in [6, 6.07) is 7.00. The second-order valence-electron chi connectivity index (χ2n) is 3.47. The van der Waals surface area contributed by atoms with E-state index in [9.17, 15) is 8.42 Å². The van der Waals surface area contributed by atoms with Gasteiger partial charge in [-0.1, -0.05) is 18.2 Å². The number of aliphatic hydroxyl groups is 1. The normalized spacial score (nSPS) is 13.4. The summed E-state index contributed by atoms with van der Waals surface area (Å²) in [6.07, 6.45) is 0. The standard InChI is InChI=1S/C11H16O4S/c1-9(16(13,14)8-7-12)10-5-3-4-6-11(10)15-2/h3-6,9,12H,7-8H2,1-2H3/t9-/m0/s1. The molecule has 0 amide bonds. The second kappa shape index (κ2) is 5.32. The SMILES string of the molecule is COc1ccccc1[C@H](C)S(=O)(=O)CCO. The number of sulfone groups is 1. The van der Waals surface area contributed by atoms with Gasteiger partial charge < -0.3 is 9.84 Å². The summed E-state index contributed by atoms with van der Waals surface area (Å²) in [5.41, 5.74) is 0.624. The van der Waals surface area contributed by atoms with E-state index in [4.69, 9.17) is 9.84 Å². The Labute approximate surface area is 95.8 Å². The van der Waals surface area contributed by atoms with Gasteiger partial charge in [-0.05, 0) is 13.0 Å². The Balaban J connectivity index is 3.09. The first-order valence-corrected chi connectivity index (χ1v) is 6.70. The van der Waals surface area contributed by atoms with E-state index in [0.29, 0.717) is 11.3 Å². The number of ether oxygens (including phenoxy) is 1. The van der Waals surface area contributed by atoms with Crippen molar-refractivity contribution in [2.24, 2.45) is 0 Å². The number of benzene rings is 1. The predicted molar refractivity (Wildman–Crippen MR) is 62.3 cm³/mol. The zero-order chi connectivity index (χ0) is 12.2. The molecule has 0 heterocycles. The molecule has 1 aromatic rings. The molecule has 1 N–H and O–H groups in total. The first-order valence-electron chi connectivity index (χ1n) is 4.98. The molecule has 1 aromatic carbocycles. The van der Waals surface area contributed by atoms with Gasteiger partial charge in [0.2, 0.25) is 0 Å². The minimum atomic E-state index is -3.33. The van der Waals surface area contributed by atoms with Crippen LogP contribution in [0, 0.1) is 0 Å². The summed E-state index contributed by atoms with van der Waals surface area (Å²) in [4.78, 5) is 0. The maximum atomic E-state index is 11.8. The molecular formula is C11H16O4S. The van der Waals surface area contributed by atoms with Crippen LogP contribution in [0.5, 0.6) is 5.75 Å². The van der Waals surface area contributed by atoms with E-state index in [1.54, 1.807) is 31.2 Å². The summed E-state index contributed by atoms with van der Waals surface area (Å²) >= 11 is 0. The Kier molecular flexibility index (Phi) is 4.32. The van der Waals surface area contributed by atoms with E-state index in [2.05, 4.69) is 0 Å². The van der Waals surface area contributed by atoms with Crippen molar-refractivity contribution in [3.05, 3.63) is 29.8 Å². The maximum absolute atomic E-state index is 11.8. The molecule has 0 fully saturated rings. The highest BCUT2D eigenvalue weighted by molar-refractivity contribution is 7.91. The van der Waals surface area contributed by atoms with Gasteiger partial charge in [-0.2, -0.15) is 0 Å². The molecule has 1 rings (SSSR count). The van der Waals surface area contributed by atoms with Crippen LogP contribution < -0.4 is 4.74 Å². The van der Waals surface area contributed by atoms with Crippen LogP contribution in [0.15, 0.2) is 24.3 Å². The van der Waals surface area contributed by atoms with E-state index in [1.807, 2.05) is 0 Å². The van der Waals surface area contributed by atoms with Crippen molar-refractivity contribution in [2.75, 3.05) is 19.5 Å². The molecule has 0 saturated carbocycles. The molecule has 0 saturated heterocycles. The van der Waals surface area contributed by atoms with E-state index in [0.717, 1.165) is 0 Å².